The molecule has 0 radical (unpaired) electrons. The van der Waals surface area contributed by atoms with Crippen LogP contribution in [-0.2, 0) is 11.8 Å². The summed E-state index contributed by atoms with van der Waals surface area (Å²) in [6, 6.07) is 10.3. The zero-order chi connectivity index (χ0) is 18.8. The quantitative estimate of drug-likeness (QED) is 0.687. The molecule has 7 heteroatoms. The van der Waals surface area contributed by atoms with E-state index in [4.69, 9.17) is 16.3 Å². The molecule has 1 heterocycles. The summed E-state index contributed by atoms with van der Waals surface area (Å²) in [6.45, 7) is 0.365. The molecule has 5 nitrogen and oxygen atoms in total. The van der Waals surface area contributed by atoms with Crippen molar-refractivity contribution in [2.45, 2.75) is 12.5 Å². The molecular formula is C19H18ClFN2O3. The number of aryl methyl sites for hydroxylation is 1. The average molecular weight is 377 g/mol. The van der Waals surface area contributed by atoms with Crippen LogP contribution in [-0.4, -0.2) is 22.9 Å². The van der Waals surface area contributed by atoms with Gasteiger partial charge in [0.05, 0.1) is 16.9 Å². The van der Waals surface area contributed by atoms with Crippen molar-refractivity contribution in [1.29, 1.82) is 0 Å². The number of aromatic nitrogens is 2. The van der Waals surface area contributed by atoms with E-state index in [0.29, 0.717) is 18.1 Å². The van der Waals surface area contributed by atoms with Crippen molar-refractivity contribution < 1.29 is 9.13 Å². The highest BCUT2D eigenvalue weighted by Crippen LogP contribution is 2.22. The number of hydrogen-bond donors (Lipinski definition) is 0. The maximum Gasteiger partial charge on any atom is 0.331 e. The number of hydrogen-bond acceptors (Lipinski definition) is 3. The Morgan fingerprint density at radius 2 is 1.85 bits per heavy atom. The van der Waals surface area contributed by atoms with E-state index in [1.54, 1.807) is 31.4 Å². The minimum atomic E-state index is -0.520. The topological polar surface area (TPSA) is 53.2 Å². The molecule has 1 aromatic heterocycles. The smallest absolute Gasteiger partial charge is 0.331 e. The van der Waals surface area contributed by atoms with Crippen molar-refractivity contribution in [2.24, 2.45) is 7.05 Å². The Morgan fingerprint density at radius 1 is 1.15 bits per heavy atom. The molecule has 0 saturated heterocycles. The highest BCUT2D eigenvalue weighted by Gasteiger charge is 2.21. The van der Waals surface area contributed by atoms with Gasteiger partial charge < -0.3 is 4.74 Å². The van der Waals surface area contributed by atoms with E-state index in [1.807, 2.05) is 0 Å². The normalized spacial score (nSPS) is 12.5. The van der Waals surface area contributed by atoms with E-state index in [9.17, 15) is 14.0 Å². The molecule has 0 fully saturated rings. The fraction of sp³-hybridized carbons (Fsp3) is 0.263. The fourth-order valence-electron chi connectivity index (χ4n) is 3.08. The second-order valence-corrected chi connectivity index (χ2v) is 6.46. The van der Waals surface area contributed by atoms with Gasteiger partial charge in [0.1, 0.15) is 5.82 Å². The lowest BCUT2D eigenvalue weighted by Gasteiger charge is -2.21. The molecule has 3 aromatic rings. The molecule has 1 atom stereocenters. The van der Waals surface area contributed by atoms with E-state index < -0.39 is 23.1 Å². The Labute approximate surface area is 154 Å². The van der Waals surface area contributed by atoms with E-state index in [-0.39, 0.29) is 10.9 Å². The van der Waals surface area contributed by atoms with Crippen LogP contribution in [0.1, 0.15) is 18.0 Å². The van der Waals surface area contributed by atoms with Crippen molar-refractivity contribution >= 4 is 22.5 Å². The van der Waals surface area contributed by atoms with E-state index >= 15 is 0 Å². The summed E-state index contributed by atoms with van der Waals surface area (Å²) in [7, 11) is 3.08. The Balaban J connectivity index is 2.28. The monoisotopic (exact) mass is 376 g/mol. The van der Waals surface area contributed by atoms with Gasteiger partial charge in [-0.15, -0.1) is 0 Å². The van der Waals surface area contributed by atoms with Gasteiger partial charge in [-0.3, -0.25) is 13.9 Å². The minimum Gasteiger partial charge on any atom is -0.385 e. The molecular weight excluding hydrogens is 359 g/mol. The number of fused-ring (bicyclic) bond motifs is 1. The van der Waals surface area contributed by atoms with Gasteiger partial charge in [0.2, 0.25) is 0 Å². The van der Waals surface area contributed by atoms with E-state index in [1.165, 1.54) is 34.4 Å². The van der Waals surface area contributed by atoms with Crippen LogP contribution >= 0.6 is 11.6 Å². The summed E-state index contributed by atoms with van der Waals surface area (Å²) in [5.41, 5.74) is 0.0632. The predicted octanol–water partition coefficient (Wildman–Crippen LogP) is 3.12. The zero-order valence-corrected chi connectivity index (χ0v) is 15.2. The minimum absolute atomic E-state index is 0.262. The lowest BCUT2D eigenvalue weighted by molar-refractivity contribution is 0.182. The van der Waals surface area contributed by atoms with Crippen LogP contribution in [0.4, 0.5) is 4.39 Å². The summed E-state index contributed by atoms with van der Waals surface area (Å²) in [6.07, 6.45) is 0.431. The van der Waals surface area contributed by atoms with Crippen LogP contribution in [0.2, 0.25) is 5.02 Å². The van der Waals surface area contributed by atoms with Crippen LogP contribution < -0.4 is 11.2 Å². The molecule has 0 amide bonds. The summed E-state index contributed by atoms with van der Waals surface area (Å²) < 4.78 is 21.2. The Bertz CT molecular complexity index is 1060. The van der Waals surface area contributed by atoms with Crippen molar-refractivity contribution in [3.8, 4) is 0 Å². The molecule has 2 aromatic carbocycles. The van der Waals surface area contributed by atoms with E-state index in [0.717, 1.165) is 5.56 Å². The lowest BCUT2D eigenvalue weighted by atomic mass is 10.0. The zero-order valence-electron chi connectivity index (χ0n) is 14.4. The number of rotatable bonds is 5. The van der Waals surface area contributed by atoms with Gasteiger partial charge in [0, 0.05) is 25.8 Å². The molecule has 136 valence electrons. The first-order valence-electron chi connectivity index (χ1n) is 8.09. The fourth-order valence-corrected chi connectivity index (χ4v) is 3.20. The summed E-state index contributed by atoms with van der Waals surface area (Å²) >= 11 is 5.95. The molecule has 0 aliphatic heterocycles. The van der Waals surface area contributed by atoms with Crippen LogP contribution in [0.25, 0.3) is 10.9 Å². The summed E-state index contributed by atoms with van der Waals surface area (Å²) in [5, 5.41) is 0.846. The number of nitrogens with zero attached hydrogens (tertiary/aromatic N) is 2. The molecule has 0 saturated carbocycles. The summed E-state index contributed by atoms with van der Waals surface area (Å²) in [5.74, 6) is -0.502. The average Bonchev–Trinajstić information content (AvgIpc) is 2.63. The largest absolute Gasteiger partial charge is 0.385 e. The first-order chi connectivity index (χ1) is 12.4. The second-order valence-electron chi connectivity index (χ2n) is 6.03. The van der Waals surface area contributed by atoms with E-state index in [2.05, 4.69) is 0 Å². The van der Waals surface area contributed by atoms with Gasteiger partial charge in [-0.1, -0.05) is 23.7 Å². The van der Waals surface area contributed by atoms with Gasteiger partial charge in [-0.2, -0.15) is 0 Å². The Hall–Kier alpha value is -2.44. The Kier molecular flexibility index (Phi) is 5.25. The summed E-state index contributed by atoms with van der Waals surface area (Å²) in [4.78, 5) is 25.9. The van der Waals surface area contributed by atoms with Crippen molar-refractivity contribution in [3.63, 3.8) is 0 Å². The molecule has 0 aliphatic rings. The third kappa shape index (κ3) is 3.30. The Morgan fingerprint density at radius 3 is 2.50 bits per heavy atom. The highest BCUT2D eigenvalue weighted by atomic mass is 35.5. The third-order valence-electron chi connectivity index (χ3n) is 4.43. The van der Waals surface area contributed by atoms with Crippen LogP contribution in [0, 0.1) is 5.82 Å². The van der Waals surface area contributed by atoms with Gasteiger partial charge in [-0.25, -0.2) is 9.18 Å². The maximum atomic E-state index is 13.6. The molecule has 1 unspecified atom stereocenters. The number of halogens is 2. The van der Waals surface area contributed by atoms with Crippen LogP contribution in [0.15, 0.2) is 52.1 Å². The number of methoxy groups -OCH3 is 1. The van der Waals surface area contributed by atoms with Crippen molar-refractivity contribution in [1.82, 2.24) is 9.13 Å². The molecule has 0 bridgehead atoms. The SMILES string of the molecule is COCCC(c1ccc(Cl)cc1)n1c(=O)c2ccc(F)cc2n(C)c1=O. The highest BCUT2D eigenvalue weighted by molar-refractivity contribution is 6.30. The van der Waals surface area contributed by atoms with Gasteiger partial charge >= 0.3 is 5.69 Å². The van der Waals surface area contributed by atoms with Gasteiger partial charge in [-0.05, 0) is 42.3 Å². The maximum absolute atomic E-state index is 13.6. The van der Waals surface area contributed by atoms with Crippen LogP contribution in [0.3, 0.4) is 0 Å². The molecule has 0 aliphatic carbocycles. The third-order valence-corrected chi connectivity index (χ3v) is 4.68. The standard InChI is InChI=1S/C19H18ClFN2O3/c1-22-17-11-14(21)7-8-15(17)18(24)23(19(22)25)16(9-10-26-2)12-3-5-13(20)6-4-12/h3-8,11,16H,9-10H2,1-2H3. The second kappa shape index (κ2) is 7.43. The number of benzene rings is 2. The molecule has 26 heavy (non-hydrogen) atoms. The van der Waals surface area contributed by atoms with Gasteiger partial charge in [0.15, 0.2) is 0 Å². The lowest BCUT2D eigenvalue weighted by Crippen LogP contribution is -2.42. The first-order valence-corrected chi connectivity index (χ1v) is 8.47. The van der Waals surface area contributed by atoms with Crippen LogP contribution in [0.5, 0.6) is 0 Å². The number of ether oxygens (including phenoxy) is 1. The van der Waals surface area contributed by atoms with Gasteiger partial charge in [0.25, 0.3) is 5.56 Å². The molecule has 3 rings (SSSR count). The molecule has 0 spiro atoms. The van der Waals surface area contributed by atoms with Crippen molar-refractivity contribution in [3.05, 3.63) is 79.7 Å². The first kappa shape index (κ1) is 18.4. The molecule has 0 N–H and O–H groups in total. The predicted molar refractivity (Wildman–Crippen MR) is 99.5 cm³/mol. The van der Waals surface area contributed by atoms with Crippen molar-refractivity contribution in [2.75, 3.05) is 13.7 Å².